The topological polar surface area (TPSA) is 111 Å². The molecule has 1 aromatic carbocycles. The van der Waals surface area contributed by atoms with E-state index >= 15 is 0 Å². The molecule has 2 rings (SSSR count). The van der Waals surface area contributed by atoms with Gasteiger partial charge in [0, 0.05) is 5.69 Å². The third-order valence-electron chi connectivity index (χ3n) is 2.53. The molecule has 7 nitrogen and oxygen atoms in total. The lowest BCUT2D eigenvalue weighted by Crippen LogP contribution is -2.44. The van der Waals surface area contributed by atoms with Crippen molar-refractivity contribution in [3.63, 3.8) is 0 Å². The number of aryl methyl sites for hydroxylation is 1. The van der Waals surface area contributed by atoms with Gasteiger partial charge < -0.3 is 14.8 Å². The molecular weight excluding hydrogens is 258 g/mol. The van der Waals surface area contributed by atoms with Crippen molar-refractivity contribution in [3.8, 4) is 0 Å². The lowest BCUT2D eigenvalue weighted by atomic mass is 10.0. The molecule has 0 saturated heterocycles. The average Bonchev–Trinajstić information content (AvgIpc) is 2.26. The number of rotatable bonds is 2. The Balaban J connectivity index is 1.96. The predicted octanol–water partition coefficient (Wildman–Crippen LogP) is 0.300. The highest BCUT2D eigenvalue weighted by Gasteiger charge is 2.21. The number of hydrogen-bond donors (Lipinski definition) is 3. The Morgan fingerprint density at radius 2 is 2.17 bits per heavy atom. The second-order valence-electron chi connectivity index (χ2n) is 3.90. The Kier molecular flexibility index (Phi) is 3.39. The molecule has 1 heterocycles. The van der Waals surface area contributed by atoms with Crippen molar-refractivity contribution in [1.82, 2.24) is 5.32 Å². The maximum Gasteiger partial charge on any atom is 0.425 e. The van der Waals surface area contributed by atoms with Crippen LogP contribution in [0.25, 0.3) is 0 Å². The molecule has 0 bridgehead atoms. The Hall–Kier alpha value is -1.80. The number of carbonyl (C=O) groups is 1. The quantitative estimate of drug-likeness (QED) is 0.716. The van der Waals surface area contributed by atoms with E-state index < -0.39 is 16.4 Å². The van der Waals surface area contributed by atoms with Crippen LogP contribution >= 0.6 is 0 Å². The van der Waals surface area contributed by atoms with Gasteiger partial charge in [0.1, 0.15) is 6.17 Å². The normalized spacial score (nSPS) is 18.4. The van der Waals surface area contributed by atoms with Crippen LogP contribution in [0.4, 0.5) is 10.5 Å². The maximum absolute atomic E-state index is 11.2. The van der Waals surface area contributed by atoms with E-state index in [-0.39, 0.29) is 6.17 Å². The summed E-state index contributed by atoms with van der Waals surface area (Å²) in [6, 6.07) is 7.68. The number of amides is 1. The maximum atomic E-state index is 11.2. The number of benzene rings is 1. The molecule has 8 heteroatoms. The third-order valence-corrected chi connectivity index (χ3v) is 2.92. The third kappa shape index (κ3) is 3.34. The number of fused-ring (bicyclic) bond motifs is 1. The number of nitrogens with one attached hydrogen (secondary N) is 2. The summed E-state index contributed by atoms with van der Waals surface area (Å²) in [5.41, 5.74) is 2.06. The molecule has 1 unspecified atom stereocenters. The van der Waals surface area contributed by atoms with Crippen LogP contribution in [0.15, 0.2) is 24.3 Å². The van der Waals surface area contributed by atoms with Crippen molar-refractivity contribution < 1.29 is 17.4 Å². The van der Waals surface area contributed by atoms with Crippen LogP contribution < -0.4 is 15.8 Å². The minimum atomic E-state index is -4.27. The second-order valence-corrected chi connectivity index (χ2v) is 5.05. The SMILES string of the molecule is NS(=O)(=O)OC(=O)NC1CCc2ccccc2N1. The van der Waals surface area contributed by atoms with Gasteiger partial charge in [-0.1, -0.05) is 18.2 Å². The molecule has 0 aliphatic carbocycles. The van der Waals surface area contributed by atoms with Gasteiger partial charge in [-0.25, -0.2) is 4.79 Å². The number of anilines is 1. The first-order valence-corrected chi connectivity index (χ1v) is 6.78. The molecule has 98 valence electrons. The summed E-state index contributed by atoms with van der Waals surface area (Å²) in [6.07, 6.45) is -0.0521. The smallest absolute Gasteiger partial charge is 0.365 e. The summed E-state index contributed by atoms with van der Waals surface area (Å²) in [5.74, 6) is 0. The standard InChI is InChI=1S/C10H13N3O4S/c11-18(15,16)17-10(14)13-9-6-5-7-3-1-2-4-8(7)12-9/h1-4,9,12H,5-6H2,(H,13,14)(H2,11,15,16). The van der Waals surface area contributed by atoms with E-state index in [1.807, 2.05) is 24.3 Å². The van der Waals surface area contributed by atoms with Crippen molar-refractivity contribution in [2.75, 3.05) is 5.32 Å². The summed E-state index contributed by atoms with van der Waals surface area (Å²) in [6.45, 7) is 0. The first-order valence-electron chi connectivity index (χ1n) is 5.31. The molecule has 1 amide bonds. The molecule has 0 fully saturated rings. The van der Waals surface area contributed by atoms with E-state index in [2.05, 4.69) is 20.0 Å². The van der Waals surface area contributed by atoms with Crippen LogP contribution in [0.2, 0.25) is 0 Å². The Bertz CT molecular complexity index is 558. The molecule has 1 aliphatic heterocycles. The van der Waals surface area contributed by atoms with Crippen LogP contribution in [0, 0.1) is 0 Å². The molecule has 1 aliphatic rings. The summed E-state index contributed by atoms with van der Waals surface area (Å²) < 4.78 is 25.1. The van der Waals surface area contributed by atoms with E-state index in [1.165, 1.54) is 0 Å². The largest absolute Gasteiger partial charge is 0.425 e. The van der Waals surface area contributed by atoms with Crippen LogP contribution in [-0.2, 0) is 20.9 Å². The zero-order chi connectivity index (χ0) is 13.2. The molecule has 0 radical (unpaired) electrons. The van der Waals surface area contributed by atoms with Crippen molar-refractivity contribution >= 4 is 22.1 Å². The zero-order valence-corrected chi connectivity index (χ0v) is 10.2. The van der Waals surface area contributed by atoms with Crippen molar-refractivity contribution in [1.29, 1.82) is 0 Å². The minimum absolute atomic E-state index is 0.380. The van der Waals surface area contributed by atoms with E-state index in [0.29, 0.717) is 6.42 Å². The fourth-order valence-corrected chi connectivity index (χ4v) is 2.08. The van der Waals surface area contributed by atoms with Gasteiger partial charge in [0.05, 0.1) is 0 Å². The lowest BCUT2D eigenvalue weighted by molar-refractivity contribution is 0.198. The van der Waals surface area contributed by atoms with Crippen LogP contribution in [0.3, 0.4) is 0 Å². The Morgan fingerprint density at radius 3 is 2.89 bits per heavy atom. The molecule has 1 atom stereocenters. The number of para-hydroxylation sites is 1. The van der Waals surface area contributed by atoms with Gasteiger partial charge in [0.2, 0.25) is 0 Å². The number of carbonyl (C=O) groups excluding carboxylic acids is 1. The van der Waals surface area contributed by atoms with E-state index in [9.17, 15) is 13.2 Å². The summed E-state index contributed by atoms with van der Waals surface area (Å²) in [7, 11) is -4.27. The van der Waals surface area contributed by atoms with E-state index in [4.69, 9.17) is 0 Å². The predicted molar refractivity (Wildman–Crippen MR) is 64.9 cm³/mol. The molecule has 18 heavy (non-hydrogen) atoms. The highest BCUT2D eigenvalue weighted by molar-refractivity contribution is 7.84. The summed E-state index contributed by atoms with van der Waals surface area (Å²) >= 11 is 0. The van der Waals surface area contributed by atoms with E-state index in [1.54, 1.807) is 0 Å². The number of hydrogen-bond acceptors (Lipinski definition) is 5. The molecule has 0 aromatic heterocycles. The summed E-state index contributed by atoms with van der Waals surface area (Å²) in [4.78, 5) is 11.2. The first-order chi connectivity index (χ1) is 8.44. The van der Waals surface area contributed by atoms with Gasteiger partial charge in [0.15, 0.2) is 0 Å². The van der Waals surface area contributed by atoms with Crippen molar-refractivity contribution in [2.45, 2.75) is 19.0 Å². The Labute approximate surface area is 105 Å². The molecule has 4 N–H and O–H groups in total. The number of nitrogens with two attached hydrogens (primary N) is 1. The molecule has 1 aromatic rings. The molecular formula is C10H13N3O4S. The fraction of sp³-hybridized carbons (Fsp3) is 0.300. The van der Waals surface area contributed by atoms with E-state index in [0.717, 1.165) is 17.7 Å². The van der Waals surface area contributed by atoms with Gasteiger partial charge in [0.25, 0.3) is 0 Å². The summed E-state index contributed by atoms with van der Waals surface area (Å²) in [5, 5.41) is 10.0. The highest BCUT2D eigenvalue weighted by Crippen LogP contribution is 2.23. The van der Waals surface area contributed by atoms with Crippen LogP contribution in [0.5, 0.6) is 0 Å². The van der Waals surface area contributed by atoms with Gasteiger partial charge in [-0.2, -0.15) is 13.6 Å². The van der Waals surface area contributed by atoms with Crippen LogP contribution in [0.1, 0.15) is 12.0 Å². The Morgan fingerprint density at radius 1 is 1.44 bits per heavy atom. The lowest BCUT2D eigenvalue weighted by Gasteiger charge is -2.27. The van der Waals surface area contributed by atoms with Crippen molar-refractivity contribution in [3.05, 3.63) is 29.8 Å². The van der Waals surface area contributed by atoms with Crippen LogP contribution in [-0.4, -0.2) is 20.7 Å². The minimum Gasteiger partial charge on any atom is -0.365 e. The zero-order valence-electron chi connectivity index (χ0n) is 9.42. The fourth-order valence-electron chi connectivity index (χ4n) is 1.82. The molecule has 0 spiro atoms. The second kappa shape index (κ2) is 4.83. The van der Waals surface area contributed by atoms with Gasteiger partial charge in [-0.05, 0) is 24.5 Å². The van der Waals surface area contributed by atoms with Gasteiger partial charge >= 0.3 is 16.4 Å². The van der Waals surface area contributed by atoms with Crippen molar-refractivity contribution in [2.24, 2.45) is 5.14 Å². The molecule has 0 saturated carbocycles. The highest BCUT2D eigenvalue weighted by atomic mass is 32.2. The van der Waals surface area contributed by atoms with Gasteiger partial charge in [-0.15, -0.1) is 0 Å². The first kappa shape index (κ1) is 12.7. The monoisotopic (exact) mass is 271 g/mol. The van der Waals surface area contributed by atoms with Gasteiger partial charge in [-0.3, -0.25) is 0 Å². The average molecular weight is 271 g/mol.